The van der Waals surface area contributed by atoms with E-state index >= 15 is 0 Å². The van der Waals surface area contributed by atoms with Crippen LogP contribution in [0.2, 0.25) is 0 Å². The maximum atomic E-state index is 11.8. The molecule has 6 heteroatoms. The second-order valence-corrected chi connectivity index (χ2v) is 7.03. The maximum absolute atomic E-state index is 11.8. The summed E-state index contributed by atoms with van der Waals surface area (Å²) < 4.78 is 28.7. The highest BCUT2D eigenvalue weighted by Gasteiger charge is 2.27. The molecule has 0 radical (unpaired) electrons. The van der Waals surface area contributed by atoms with E-state index in [1.807, 2.05) is 13.0 Å². The number of nitrogens with one attached hydrogen (secondary N) is 1. The van der Waals surface area contributed by atoms with E-state index in [9.17, 15) is 8.42 Å². The monoisotopic (exact) mass is 286 g/mol. The maximum Gasteiger partial charge on any atom is 0.151 e. The normalized spacial score (nSPS) is 14.9. The lowest BCUT2D eigenvalue weighted by Gasteiger charge is -2.24. The van der Waals surface area contributed by atoms with Gasteiger partial charge in [0.05, 0.1) is 24.6 Å². The van der Waals surface area contributed by atoms with Gasteiger partial charge in [-0.15, -0.1) is 0 Å². The molecule has 2 unspecified atom stereocenters. The molecular weight excluding hydrogens is 264 g/mol. The number of aromatic nitrogens is 1. The van der Waals surface area contributed by atoms with Crippen molar-refractivity contribution in [2.45, 2.75) is 31.6 Å². The van der Waals surface area contributed by atoms with Gasteiger partial charge in [-0.1, -0.05) is 6.92 Å². The standard InChI is InChI=1S/C13H22N2O3S/c1-5-6-15-13(10(2)19(4,16)17)11-7-12(18-3)9-14-8-11/h7-10,13,15H,5-6H2,1-4H3. The minimum atomic E-state index is -3.13. The largest absolute Gasteiger partial charge is 0.495 e. The van der Waals surface area contributed by atoms with Crippen LogP contribution < -0.4 is 10.1 Å². The fourth-order valence-electron chi connectivity index (χ4n) is 1.82. The van der Waals surface area contributed by atoms with E-state index in [4.69, 9.17) is 4.74 Å². The van der Waals surface area contributed by atoms with Crippen molar-refractivity contribution in [2.75, 3.05) is 19.9 Å². The molecule has 1 rings (SSSR count). The zero-order chi connectivity index (χ0) is 14.5. The predicted octanol–water partition coefficient (Wildman–Crippen LogP) is 1.56. The van der Waals surface area contributed by atoms with Gasteiger partial charge in [-0.3, -0.25) is 4.98 Å². The molecule has 1 aromatic rings. The second-order valence-electron chi connectivity index (χ2n) is 4.62. The summed E-state index contributed by atoms with van der Waals surface area (Å²) in [6.07, 6.45) is 5.47. The van der Waals surface area contributed by atoms with Gasteiger partial charge in [0.15, 0.2) is 9.84 Å². The van der Waals surface area contributed by atoms with Gasteiger partial charge >= 0.3 is 0 Å². The smallest absolute Gasteiger partial charge is 0.151 e. The summed E-state index contributed by atoms with van der Waals surface area (Å²) in [5.74, 6) is 0.626. The molecule has 0 saturated heterocycles. The first-order chi connectivity index (χ1) is 8.90. The Labute approximate surface area is 115 Å². The van der Waals surface area contributed by atoms with Crippen LogP contribution in [0.4, 0.5) is 0 Å². The molecule has 0 saturated carbocycles. The Morgan fingerprint density at radius 1 is 1.42 bits per heavy atom. The minimum absolute atomic E-state index is 0.280. The molecule has 2 atom stereocenters. The molecule has 0 aromatic carbocycles. The Kier molecular flexibility index (Phi) is 5.75. The first kappa shape index (κ1) is 15.9. The van der Waals surface area contributed by atoms with Crippen LogP contribution in [0.5, 0.6) is 5.75 Å². The molecule has 0 spiro atoms. The Morgan fingerprint density at radius 3 is 2.63 bits per heavy atom. The van der Waals surface area contributed by atoms with Crippen molar-refractivity contribution < 1.29 is 13.2 Å². The lowest BCUT2D eigenvalue weighted by Crippen LogP contribution is -2.35. The van der Waals surface area contributed by atoms with E-state index < -0.39 is 15.1 Å². The molecule has 19 heavy (non-hydrogen) atoms. The van der Waals surface area contributed by atoms with Crippen LogP contribution in [0.3, 0.4) is 0 Å². The molecule has 0 aliphatic rings. The van der Waals surface area contributed by atoms with E-state index in [-0.39, 0.29) is 6.04 Å². The minimum Gasteiger partial charge on any atom is -0.495 e. The topological polar surface area (TPSA) is 68.3 Å². The highest BCUT2D eigenvalue weighted by molar-refractivity contribution is 7.91. The van der Waals surface area contributed by atoms with Gasteiger partial charge in [-0.05, 0) is 31.5 Å². The van der Waals surface area contributed by atoms with Crippen molar-refractivity contribution >= 4 is 9.84 Å². The first-order valence-electron chi connectivity index (χ1n) is 6.31. The molecule has 1 N–H and O–H groups in total. The van der Waals surface area contributed by atoms with Crippen LogP contribution in [-0.2, 0) is 9.84 Å². The molecule has 1 aromatic heterocycles. The summed E-state index contributed by atoms with van der Waals surface area (Å²) in [6.45, 7) is 4.50. The van der Waals surface area contributed by atoms with Crippen LogP contribution in [-0.4, -0.2) is 38.6 Å². The Bertz CT molecular complexity index is 502. The summed E-state index contributed by atoms with van der Waals surface area (Å²) in [4.78, 5) is 4.09. The second kappa shape index (κ2) is 6.86. The van der Waals surface area contributed by atoms with Crippen molar-refractivity contribution in [3.8, 4) is 5.75 Å². The molecule has 0 aliphatic carbocycles. The lowest BCUT2D eigenvalue weighted by atomic mass is 10.1. The van der Waals surface area contributed by atoms with Gasteiger partial charge in [0.25, 0.3) is 0 Å². The van der Waals surface area contributed by atoms with Crippen LogP contribution in [0, 0.1) is 0 Å². The van der Waals surface area contributed by atoms with Gasteiger partial charge in [-0.2, -0.15) is 0 Å². The molecule has 0 amide bonds. The van der Waals surface area contributed by atoms with Crippen LogP contribution in [0.15, 0.2) is 18.5 Å². The number of ether oxygens (including phenoxy) is 1. The number of hydrogen-bond donors (Lipinski definition) is 1. The first-order valence-corrected chi connectivity index (χ1v) is 8.26. The highest BCUT2D eigenvalue weighted by Crippen LogP contribution is 2.24. The van der Waals surface area contributed by atoms with E-state index in [1.54, 1.807) is 26.4 Å². The number of nitrogens with zero attached hydrogens (tertiary/aromatic N) is 1. The number of pyridine rings is 1. The van der Waals surface area contributed by atoms with Gasteiger partial charge in [0.1, 0.15) is 5.75 Å². The number of hydrogen-bond acceptors (Lipinski definition) is 5. The summed E-state index contributed by atoms with van der Waals surface area (Å²) >= 11 is 0. The molecule has 5 nitrogen and oxygen atoms in total. The SMILES string of the molecule is CCCNC(c1cncc(OC)c1)C(C)S(C)(=O)=O. The zero-order valence-corrected chi connectivity index (χ0v) is 12.7. The molecular formula is C13H22N2O3S. The summed E-state index contributed by atoms with van der Waals surface area (Å²) in [6, 6.07) is 1.54. The quantitative estimate of drug-likeness (QED) is 0.824. The van der Waals surface area contributed by atoms with Crippen molar-refractivity contribution in [3.63, 3.8) is 0 Å². The molecule has 0 bridgehead atoms. The Balaban J connectivity index is 3.08. The summed E-state index contributed by atoms with van der Waals surface area (Å²) in [5.41, 5.74) is 0.825. The third kappa shape index (κ3) is 4.47. The zero-order valence-electron chi connectivity index (χ0n) is 11.9. The lowest BCUT2D eigenvalue weighted by molar-refractivity contribution is 0.410. The van der Waals surface area contributed by atoms with Gasteiger partial charge in [0, 0.05) is 12.5 Å². The fourth-order valence-corrected chi connectivity index (χ4v) is 2.57. The highest BCUT2D eigenvalue weighted by atomic mass is 32.2. The van der Waals surface area contributed by atoms with Crippen LogP contribution in [0.25, 0.3) is 0 Å². The fraction of sp³-hybridized carbons (Fsp3) is 0.615. The van der Waals surface area contributed by atoms with Gasteiger partial charge < -0.3 is 10.1 Å². The van der Waals surface area contributed by atoms with Gasteiger partial charge in [0.2, 0.25) is 0 Å². The van der Waals surface area contributed by atoms with Crippen LogP contribution >= 0.6 is 0 Å². The molecule has 0 fully saturated rings. The van der Waals surface area contributed by atoms with E-state index in [2.05, 4.69) is 10.3 Å². The van der Waals surface area contributed by atoms with E-state index in [0.29, 0.717) is 5.75 Å². The molecule has 0 aliphatic heterocycles. The third-order valence-electron chi connectivity index (χ3n) is 3.09. The van der Waals surface area contributed by atoms with Gasteiger partial charge in [-0.25, -0.2) is 8.42 Å². The summed E-state index contributed by atoms with van der Waals surface area (Å²) in [5, 5.41) is 2.75. The Morgan fingerprint density at radius 2 is 2.11 bits per heavy atom. The average Bonchev–Trinajstić information content (AvgIpc) is 2.38. The average molecular weight is 286 g/mol. The summed E-state index contributed by atoms with van der Waals surface area (Å²) in [7, 11) is -1.57. The Hall–Kier alpha value is -1.14. The predicted molar refractivity (Wildman–Crippen MR) is 76.1 cm³/mol. The van der Waals surface area contributed by atoms with Crippen LogP contribution in [0.1, 0.15) is 31.9 Å². The molecule has 1 heterocycles. The molecule has 108 valence electrons. The van der Waals surface area contributed by atoms with E-state index in [1.165, 1.54) is 6.26 Å². The van der Waals surface area contributed by atoms with E-state index in [0.717, 1.165) is 18.5 Å². The van der Waals surface area contributed by atoms with Crippen molar-refractivity contribution in [2.24, 2.45) is 0 Å². The number of rotatable bonds is 7. The third-order valence-corrected chi connectivity index (χ3v) is 4.71. The van der Waals surface area contributed by atoms with Crippen molar-refractivity contribution in [3.05, 3.63) is 24.0 Å². The van der Waals surface area contributed by atoms with Crippen molar-refractivity contribution in [1.82, 2.24) is 10.3 Å². The number of sulfone groups is 1. The number of methoxy groups -OCH3 is 1. The van der Waals surface area contributed by atoms with Crippen molar-refractivity contribution in [1.29, 1.82) is 0 Å².